The monoisotopic (exact) mass is 308 g/mol. The molecule has 0 spiro atoms. The molecule has 2 rings (SSSR count). The molecule has 0 radical (unpaired) electrons. The SMILES string of the molecule is Cc1ccc(C(=O)S[Se]c2ccccc2)cc1. The third-order valence-electron chi connectivity index (χ3n) is 2.24. The average molecular weight is 307 g/mol. The molecule has 0 heterocycles. The third-order valence-corrected chi connectivity index (χ3v) is 6.17. The van der Waals surface area contributed by atoms with Gasteiger partial charge in [0.25, 0.3) is 0 Å². The molecule has 0 aliphatic rings. The summed E-state index contributed by atoms with van der Waals surface area (Å²) in [5.41, 5.74) is 1.97. The van der Waals surface area contributed by atoms with E-state index in [2.05, 4.69) is 12.1 Å². The molecule has 0 aliphatic heterocycles. The summed E-state index contributed by atoms with van der Waals surface area (Å²) in [4.78, 5) is 11.9. The Balaban J connectivity index is 1.96. The summed E-state index contributed by atoms with van der Waals surface area (Å²) in [7, 11) is 1.41. The zero-order valence-electron chi connectivity index (χ0n) is 9.42. The first kappa shape index (κ1) is 12.4. The van der Waals surface area contributed by atoms with Crippen molar-refractivity contribution < 1.29 is 4.79 Å². The molecule has 86 valence electrons. The Morgan fingerprint density at radius 3 is 2.29 bits per heavy atom. The van der Waals surface area contributed by atoms with Crippen molar-refractivity contribution in [3.05, 3.63) is 65.7 Å². The van der Waals surface area contributed by atoms with Crippen molar-refractivity contribution in [2.45, 2.75) is 6.92 Å². The summed E-state index contributed by atoms with van der Waals surface area (Å²) in [6.45, 7) is 2.02. The standard InChI is InChI=1S/C14H12OSSe/c1-11-7-9-12(10-8-11)14(15)16-17-13-5-3-2-4-6-13/h2-10H,1H3. The average Bonchev–Trinajstić information content (AvgIpc) is 2.38. The summed E-state index contributed by atoms with van der Waals surface area (Å²) in [5, 5.41) is 0.161. The van der Waals surface area contributed by atoms with Crippen LogP contribution in [0.1, 0.15) is 15.9 Å². The number of carbonyl (C=O) groups excluding carboxylic acids is 1. The number of rotatable bonds is 3. The molecule has 0 fully saturated rings. The fraction of sp³-hybridized carbons (Fsp3) is 0.0714. The minimum absolute atomic E-state index is 0.156. The van der Waals surface area contributed by atoms with E-state index in [-0.39, 0.29) is 19.0 Å². The number of carbonyl (C=O) groups is 1. The molecule has 17 heavy (non-hydrogen) atoms. The van der Waals surface area contributed by atoms with E-state index < -0.39 is 0 Å². The van der Waals surface area contributed by atoms with Gasteiger partial charge in [0.15, 0.2) is 0 Å². The second-order valence-electron chi connectivity index (χ2n) is 3.63. The predicted octanol–water partition coefficient (Wildman–Crippen LogP) is 2.81. The van der Waals surface area contributed by atoms with Gasteiger partial charge in [-0.3, -0.25) is 0 Å². The molecule has 0 unspecified atom stereocenters. The van der Waals surface area contributed by atoms with E-state index in [0.29, 0.717) is 0 Å². The molecule has 0 aromatic heterocycles. The summed E-state index contributed by atoms with van der Waals surface area (Å²) >= 11 is 0.156. The molecule has 0 bridgehead atoms. The molecule has 0 saturated heterocycles. The van der Waals surface area contributed by atoms with Crippen molar-refractivity contribution in [3.8, 4) is 0 Å². The van der Waals surface area contributed by atoms with E-state index in [4.69, 9.17) is 0 Å². The van der Waals surface area contributed by atoms with Gasteiger partial charge in [-0.2, -0.15) is 0 Å². The van der Waals surface area contributed by atoms with Crippen LogP contribution in [0.4, 0.5) is 0 Å². The van der Waals surface area contributed by atoms with Gasteiger partial charge >= 0.3 is 111 Å². The summed E-state index contributed by atoms with van der Waals surface area (Å²) in [5.74, 6) is 0. The molecule has 2 aromatic carbocycles. The Morgan fingerprint density at radius 2 is 1.65 bits per heavy atom. The second-order valence-corrected chi connectivity index (χ2v) is 7.42. The van der Waals surface area contributed by atoms with Crippen LogP contribution >= 0.6 is 10.2 Å². The Kier molecular flexibility index (Phi) is 4.43. The van der Waals surface area contributed by atoms with Gasteiger partial charge in [0.05, 0.1) is 0 Å². The molecule has 0 N–H and O–H groups in total. The molecule has 2 aromatic rings. The first-order valence-corrected chi connectivity index (χ1v) is 8.96. The molecule has 1 nitrogen and oxygen atoms in total. The fourth-order valence-corrected chi connectivity index (χ4v) is 4.53. The quantitative estimate of drug-likeness (QED) is 0.811. The van der Waals surface area contributed by atoms with Gasteiger partial charge in [-0.15, -0.1) is 0 Å². The third kappa shape index (κ3) is 3.74. The van der Waals surface area contributed by atoms with Crippen LogP contribution in [0.2, 0.25) is 0 Å². The van der Waals surface area contributed by atoms with Gasteiger partial charge in [0.1, 0.15) is 0 Å². The van der Waals surface area contributed by atoms with Crippen molar-refractivity contribution in [1.29, 1.82) is 0 Å². The van der Waals surface area contributed by atoms with Crippen LogP contribution in [-0.4, -0.2) is 19.0 Å². The number of aryl methyl sites for hydroxylation is 1. The molecule has 0 saturated carbocycles. The zero-order chi connectivity index (χ0) is 12.1. The Bertz CT molecular complexity index is 493. The maximum absolute atomic E-state index is 11.9. The van der Waals surface area contributed by atoms with Crippen molar-refractivity contribution in [2.24, 2.45) is 0 Å². The topological polar surface area (TPSA) is 17.1 Å². The number of hydrogen-bond donors (Lipinski definition) is 0. The molecular weight excluding hydrogens is 295 g/mol. The van der Waals surface area contributed by atoms with E-state index in [9.17, 15) is 4.79 Å². The van der Waals surface area contributed by atoms with Crippen LogP contribution in [0.15, 0.2) is 54.6 Å². The van der Waals surface area contributed by atoms with Crippen LogP contribution in [0.5, 0.6) is 0 Å². The summed E-state index contributed by atoms with van der Waals surface area (Å²) < 4.78 is 1.24. The van der Waals surface area contributed by atoms with Gasteiger partial charge in [-0.25, -0.2) is 0 Å². The van der Waals surface area contributed by atoms with Crippen molar-refractivity contribution >= 4 is 33.6 Å². The summed E-state index contributed by atoms with van der Waals surface area (Å²) in [6, 6.07) is 17.9. The van der Waals surface area contributed by atoms with Crippen LogP contribution in [0.3, 0.4) is 0 Å². The number of hydrogen-bond acceptors (Lipinski definition) is 2. The van der Waals surface area contributed by atoms with Gasteiger partial charge in [0.2, 0.25) is 0 Å². The fourth-order valence-electron chi connectivity index (χ4n) is 1.30. The first-order chi connectivity index (χ1) is 8.25. The van der Waals surface area contributed by atoms with E-state index in [1.165, 1.54) is 20.2 Å². The van der Waals surface area contributed by atoms with Crippen LogP contribution in [0.25, 0.3) is 0 Å². The summed E-state index contributed by atoms with van der Waals surface area (Å²) in [6.07, 6.45) is 0. The van der Waals surface area contributed by atoms with E-state index in [1.54, 1.807) is 0 Å². The van der Waals surface area contributed by atoms with Crippen molar-refractivity contribution in [3.63, 3.8) is 0 Å². The van der Waals surface area contributed by atoms with Gasteiger partial charge < -0.3 is 0 Å². The van der Waals surface area contributed by atoms with Crippen molar-refractivity contribution in [2.75, 3.05) is 0 Å². The number of benzene rings is 2. The predicted molar refractivity (Wildman–Crippen MR) is 74.9 cm³/mol. The Hall–Kier alpha value is -1.02. The zero-order valence-corrected chi connectivity index (χ0v) is 12.0. The molecule has 0 amide bonds. The van der Waals surface area contributed by atoms with Gasteiger partial charge in [-0.1, -0.05) is 0 Å². The second kappa shape index (κ2) is 6.06. The minimum atomic E-state index is 0.156. The molecule has 0 aliphatic carbocycles. The van der Waals surface area contributed by atoms with E-state index >= 15 is 0 Å². The van der Waals surface area contributed by atoms with Crippen LogP contribution < -0.4 is 4.46 Å². The van der Waals surface area contributed by atoms with E-state index in [0.717, 1.165) is 5.56 Å². The first-order valence-electron chi connectivity index (χ1n) is 5.26. The maximum atomic E-state index is 11.9. The molecule has 0 atom stereocenters. The van der Waals surface area contributed by atoms with Crippen LogP contribution in [-0.2, 0) is 0 Å². The molecular formula is C14H12OSSe. The van der Waals surface area contributed by atoms with Gasteiger partial charge in [-0.05, 0) is 0 Å². The van der Waals surface area contributed by atoms with Crippen molar-refractivity contribution in [1.82, 2.24) is 0 Å². The van der Waals surface area contributed by atoms with Crippen LogP contribution in [0, 0.1) is 6.92 Å². The Labute approximate surface area is 111 Å². The normalized spacial score (nSPS) is 10.2. The van der Waals surface area contributed by atoms with E-state index in [1.807, 2.05) is 49.4 Å². The molecule has 3 heteroatoms. The Morgan fingerprint density at radius 1 is 1.00 bits per heavy atom. The van der Waals surface area contributed by atoms with Gasteiger partial charge in [0, 0.05) is 0 Å².